The van der Waals surface area contributed by atoms with E-state index in [2.05, 4.69) is 0 Å². The predicted octanol–water partition coefficient (Wildman–Crippen LogP) is 5.79. The maximum absolute atomic E-state index is 13.2. The van der Waals surface area contributed by atoms with Gasteiger partial charge in [0.2, 0.25) is 0 Å². The lowest BCUT2D eigenvalue weighted by atomic mass is 10.1. The first-order valence-electron chi connectivity index (χ1n) is 11.6. The number of hydrogen-bond acceptors (Lipinski definition) is 7. The van der Waals surface area contributed by atoms with Crippen LogP contribution in [0.15, 0.2) is 30.3 Å². The molecule has 9 heteroatoms. The maximum Gasteiger partial charge on any atom is 0.410 e. The number of nitrogens with zero attached hydrogens (tertiary/aromatic N) is 1. The summed E-state index contributed by atoms with van der Waals surface area (Å²) in [7, 11) is -3.66. The van der Waals surface area contributed by atoms with Crippen molar-refractivity contribution in [2.45, 2.75) is 78.6 Å². The summed E-state index contributed by atoms with van der Waals surface area (Å²) in [5, 5.41) is 0. The number of hydrogen-bond donors (Lipinski definition) is 0. The third-order valence-corrected chi connectivity index (χ3v) is 7.05. The molecule has 1 aromatic rings. The van der Waals surface area contributed by atoms with E-state index in [-0.39, 0.29) is 26.2 Å². The highest BCUT2D eigenvalue weighted by molar-refractivity contribution is 7.55. The molecule has 0 fully saturated rings. The summed E-state index contributed by atoms with van der Waals surface area (Å²) in [5.74, 6) is -0.587. The van der Waals surface area contributed by atoms with Gasteiger partial charge in [0, 0.05) is 13.1 Å². The molecule has 33 heavy (non-hydrogen) atoms. The molecule has 1 rings (SSSR count). The molecule has 0 heterocycles. The number of ether oxygens (including phenoxy) is 2. The van der Waals surface area contributed by atoms with Gasteiger partial charge >= 0.3 is 19.7 Å². The Morgan fingerprint density at radius 1 is 0.970 bits per heavy atom. The molecule has 0 aromatic heterocycles. The smallest absolute Gasteiger partial charge is 0.410 e. The molecule has 1 unspecified atom stereocenters. The van der Waals surface area contributed by atoms with Crippen molar-refractivity contribution in [2.24, 2.45) is 0 Å². The van der Waals surface area contributed by atoms with Gasteiger partial charge in [0.15, 0.2) is 5.66 Å². The van der Waals surface area contributed by atoms with Crippen LogP contribution >= 0.6 is 7.60 Å². The zero-order valence-electron chi connectivity index (χ0n) is 20.9. The third kappa shape index (κ3) is 10.7. The van der Waals surface area contributed by atoms with Crippen LogP contribution in [0.5, 0.6) is 0 Å². The van der Waals surface area contributed by atoms with Crippen molar-refractivity contribution in [3.8, 4) is 0 Å². The Hall–Kier alpha value is -1.89. The number of unbranched alkanes of at least 4 members (excludes halogenated alkanes) is 1. The molecule has 1 aromatic carbocycles. The van der Waals surface area contributed by atoms with E-state index in [9.17, 15) is 14.2 Å². The molecular formula is C24H40NO7P. The summed E-state index contributed by atoms with van der Waals surface area (Å²) >= 11 is 0. The number of esters is 1. The van der Waals surface area contributed by atoms with Gasteiger partial charge in [-0.15, -0.1) is 0 Å². The molecule has 0 aliphatic heterocycles. The van der Waals surface area contributed by atoms with Crippen molar-refractivity contribution in [2.75, 3.05) is 26.4 Å². The lowest BCUT2D eigenvalue weighted by Crippen LogP contribution is -2.37. The van der Waals surface area contributed by atoms with Gasteiger partial charge in [-0.2, -0.15) is 0 Å². The first-order valence-corrected chi connectivity index (χ1v) is 13.2. The molecular weight excluding hydrogens is 445 g/mol. The Balaban J connectivity index is 2.86. The number of carbonyl (C=O) groups excluding carboxylic acids is 2. The molecule has 1 amide bonds. The largest absolute Gasteiger partial charge is 0.465 e. The Morgan fingerprint density at radius 3 is 2.09 bits per heavy atom. The van der Waals surface area contributed by atoms with Crippen LogP contribution in [-0.2, 0) is 34.4 Å². The van der Waals surface area contributed by atoms with E-state index < -0.39 is 30.9 Å². The second-order valence-electron chi connectivity index (χ2n) is 8.53. The summed E-state index contributed by atoms with van der Waals surface area (Å²) < 4.78 is 34.7. The van der Waals surface area contributed by atoms with Crippen molar-refractivity contribution in [1.29, 1.82) is 0 Å². The lowest BCUT2D eigenvalue weighted by molar-refractivity contribution is -0.143. The normalized spacial score (nSPS) is 12.8. The third-order valence-electron chi connectivity index (χ3n) is 4.58. The standard InChI is InChI=1S/C24H40NO7P/c1-7-29-22(26)21(33(28,30-8-2)31-9-3)17-13-14-18-25(23(27)32-24(4,5)6)19-20-15-11-10-12-16-20/h10-12,15-16,21H,7-9,13-14,17-19H2,1-6H3. The Morgan fingerprint density at radius 2 is 1.58 bits per heavy atom. The molecule has 0 radical (unpaired) electrons. The van der Waals surface area contributed by atoms with E-state index in [0.29, 0.717) is 25.9 Å². The maximum atomic E-state index is 13.2. The summed E-state index contributed by atoms with van der Waals surface area (Å²) in [6, 6.07) is 9.67. The van der Waals surface area contributed by atoms with E-state index in [1.54, 1.807) is 25.7 Å². The molecule has 0 N–H and O–H groups in total. The molecule has 188 valence electrons. The molecule has 0 spiro atoms. The zero-order valence-corrected chi connectivity index (χ0v) is 21.8. The van der Waals surface area contributed by atoms with Crippen LogP contribution in [-0.4, -0.2) is 54.6 Å². The van der Waals surface area contributed by atoms with E-state index in [1.165, 1.54) is 0 Å². The van der Waals surface area contributed by atoms with Crippen molar-refractivity contribution in [1.82, 2.24) is 4.90 Å². The second kappa shape index (κ2) is 14.4. The molecule has 0 saturated heterocycles. The van der Waals surface area contributed by atoms with Gasteiger partial charge in [-0.05, 0) is 59.9 Å². The quantitative estimate of drug-likeness (QED) is 0.187. The van der Waals surface area contributed by atoms with E-state index in [4.69, 9.17) is 18.5 Å². The van der Waals surface area contributed by atoms with Gasteiger partial charge in [-0.3, -0.25) is 9.36 Å². The summed E-state index contributed by atoms with van der Waals surface area (Å²) in [6.45, 7) is 11.9. The fourth-order valence-corrected chi connectivity index (χ4v) is 5.21. The first kappa shape index (κ1) is 29.1. The Bertz CT molecular complexity index is 754. The van der Waals surface area contributed by atoms with E-state index in [0.717, 1.165) is 5.56 Å². The predicted molar refractivity (Wildman–Crippen MR) is 128 cm³/mol. The highest BCUT2D eigenvalue weighted by Crippen LogP contribution is 2.55. The van der Waals surface area contributed by atoms with Gasteiger partial charge in [0.1, 0.15) is 5.60 Å². The lowest BCUT2D eigenvalue weighted by Gasteiger charge is -2.28. The van der Waals surface area contributed by atoms with Crippen molar-refractivity contribution < 1.29 is 32.7 Å². The van der Waals surface area contributed by atoms with Crippen molar-refractivity contribution in [3.05, 3.63) is 35.9 Å². The summed E-state index contributed by atoms with van der Waals surface area (Å²) in [6.07, 6.45) is 0.980. The summed E-state index contributed by atoms with van der Waals surface area (Å²) in [5.41, 5.74) is -0.616. The van der Waals surface area contributed by atoms with Crippen LogP contribution < -0.4 is 0 Å². The average molecular weight is 486 g/mol. The Labute approximate surface area is 198 Å². The minimum absolute atomic E-state index is 0.163. The van der Waals surface area contributed by atoms with E-state index in [1.807, 2.05) is 51.1 Å². The van der Waals surface area contributed by atoms with E-state index >= 15 is 0 Å². The number of amides is 1. The fraction of sp³-hybridized carbons (Fsp3) is 0.667. The molecule has 0 bridgehead atoms. The Kier molecular flexibility index (Phi) is 12.7. The van der Waals surface area contributed by atoms with Crippen LogP contribution in [0.2, 0.25) is 0 Å². The average Bonchev–Trinajstić information content (AvgIpc) is 2.72. The van der Waals surface area contributed by atoms with Crippen LogP contribution in [0.4, 0.5) is 4.79 Å². The van der Waals surface area contributed by atoms with Gasteiger partial charge in [-0.1, -0.05) is 36.8 Å². The highest BCUT2D eigenvalue weighted by atomic mass is 31.2. The number of benzene rings is 1. The van der Waals surface area contributed by atoms with Crippen LogP contribution in [0.3, 0.4) is 0 Å². The minimum Gasteiger partial charge on any atom is -0.465 e. The van der Waals surface area contributed by atoms with Crippen LogP contribution in [0.1, 0.15) is 66.4 Å². The van der Waals surface area contributed by atoms with Crippen molar-refractivity contribution in [3.63, 3.8) is 0 Å². The van der Waals surface area contributed by atoms with Gasteiger partial charge in [0.25, 0.3) is 0 Å². The van der Waals surface area contributed by atoms with Crippen molar-refractivity contribution >= 4 is 19.7 Å². The number of rotatable bonds is 14. The number of carbonyl (C=O) groups is 2. The minimum atomic E-state index is -3.66. The monoisotopic (exact) mass is 485 g/mol. The van der Waals surface area contributed by atoms with Gasteiger partial charge in [-0.25, -0.2) is 4.79 Å². The molecule has 1 atom stereocenters. The van der Waals surface area contributed by atoms with Gasteiger partial charge in [0.05, 0.1) is 19.8 Å². The summed E-state index contributed by atoms with van der Waals surface area (Å²) in [4.78, 5) is 26.9. The first-order chi connectivity index (χ1) is 15.6. The molecule has 0 aliphatic carbocycles. The van der Waals surface area contributed by atoms with Crippen LogP contribution in [0, 0.1) is 0 Å². The highest BCUT2D eigenvalue weighted by Gasteiger charge is 2.41. The molecule has 8 nitrogen and oxygen atoms in total. The second-order valence-corrected chi connectivity index (χ2v) is 10.7. The molecule has 0 saturated carbocycles. The fourth-order valence-electron chi connectivity index (χ4n) is 3.23. The topological polar surface area (TPSA) is 91.4 Å². The SMILES string of the molecule is CCOC(=O)C(CCCCN(Cc1ccccc1)C(=O)OC(C)(C)C)P(=O)(OCC)OCC. The van der Waals surface area contributed by atoms with Crippen LogP contribution in [0.25, 0.3) is 0 Å². The van der Waals surface area contributed by atoms with Gasteiger partial charge < -0.3 is 23.4 Å². The molecule has 0 aliphatic rings. The zero-order chi connectivity index (χ0) is 24.9.